The normalized spacial score (nSPS) is 16.4. The summed E-state index contributed by atoms with van der Waals surface area (Å²) in [5.74, 6) is 1.06. The molecule has 0 bridgehead atoms. The fourth-order valence-electron chi connectivity index (χ4n) is 3.95. The van der Waals surface area contributed by atoms with Gasteiger partial charge < -0.3 is 10.2 Å². The molecule has 0 radical (unpaired) electrons. The van der Waals surface area contributed by atoms with Gasteiger partial charge in [-0.05, 0) is 48.9 Å². The number of anilines is 1. The molecule has 2 aromatic carbocycles. The average Bonchev–Trinajstić information content (AvgIpc) is 3.26. The molecule has 156 valence electrons. The third kappa shape index (κ3) is 5.42. The molecule has 2 heterocycles. The summed E-state index contributed by atoms with van der Waals surface area (Å²) < 4.78 is 0. The number of aromatic nitrogens is 2. The molecular formula is C24H27ClN4O. The van der Waals surface area contributed by atoms with Gasteiger partial charge >= 0.3 is 0 Å². The van der Waals surface area contributed by atoms with Crippen LogP contribution in [0.5, 0.6) is 0 Å². The Kier molecular flexibility index (Phi) is 6.70. The van der Waals surface area contributed by atoms with Crippen LogP contribution in [0.3, 0.4) is 0 Å². The van der Waals surface area contributed by atoms with Crippen LogP contribution in [0.15, 0.2) is 60.7 Å². The molecule has 1 amide bonds. The van der Waals surface area contributed by atoms with Gasteiger partial charge in [0.05, 0.1) is 5.69 Å². The summed E-state index contributed by atoms with van der Waals surface area (Å²) >= 11 is 5.98. The van der Waals surface area contributed by atoms with Crippen molar-refractivity contribution in [3.63, 3.8) is 0 Å². The van der Waals surface area contributed by atoms with E-state index in [1.165, 1.54) is 5.56 Å². The van der Waals surface area contributed by atoms with Gasteiger partial charge in [-0.25, -0.2) is 0 Å². The van der Waals surface area contributed by atoms with Gasteiger partial charge in [0.25, 0.3) is 0 Å². The summed E-state index contributed by atoms with van der Waals surface area (Å²) in [6, 6.07) is 20.3. The predicted molar refractivity (Wildman–Crippen MR) is 122 cm³/mol. The lowest BCUT2D eigenvalue weighted by Crippen LogP contribution is -2.48. The molecule has 1 fully saturated rings. The zero-order valence-electron chi connectivity index (χ0n) is 17.0. The number of piperidine rings is 1. The van der Waals surface area contributed by atoms with E-state index < -0.39 is 0 Å². The fraction of sp³-hybridized carbons (Fsp3) is 0.333. The van der Waals surface area contributed by atoms with Crippen LogP contribution in [0.2, 0.25) is 5.02 Å². The monoisotopic (exact) mass is 422 g/mol. The summed E-state index contributed by atoms with van der Waals surface area (Å²) in [7, 11) is 0. The van der Waals surface area contributed by atoms with E-state index >= 15 is 0 Å². The Balaban J connectivity index is 1.28. The van der Waals surface area contributed by atoms with Crippen molar-refractivity contribution in [2.24, 2.45) is 0 Å². The van der Waals surface area contributed by atoms with E-state index in [1.54, 1.807) is 0 Å². The minimum absolute atomic E-state index is 0.140. The number of H-pyrrole nitrogens is 1. The molecule has 0 spiro atoms. The van der Waals surface area contributed by atoms with Gasteiger partial charge in [-0.15, -0.1) is 0 Å². The van der Waals surface area contributed by atoms with Crippen molar-refractivity contribution >= 4 is 23.3 Å². The molecule has 1 saturated heterocycles. The Morgan fingerprint density at radius 2 is 1.97 bits per heavy atom. The number of hydrogen-bond donors (Lipinski definition) is 2. The van der Waals surface area contributed by atoms with E-state index in [-0.39, 0.29) is 11.9 Å². The second kappa shape index (κ2) is 9.81. The largest absolute Gasteiger partial charge is 0.353 e. The number of carbonyl (C=O) groups is 1. The summed E-state index contributed by atoms with van der Waals surface area (Å²) in [4.78, 5) is 14.6. The van der Waals surface area contributed by atoms with Crippen LogP contribution in [0.1, 0.15) is 31.2 Å². The third-order valence-corrected chi connectivity index (χ3v) is 5.79. The first-order chi connectivity index (χ1) is 14.7. The molecule has 2 N–H and O–H groups in total. The standard InChI is InChI=1S/C24H27ClN4O/c25-20-13-11-19(12-14-20)22-16-23(28-27-22)29-15-5-9-21(17-29)26-24(30)10-4-8-18-6-2-1-3-7-18/h1-3,6-7,11-14,16,21H,4-5,8-10,15,17H2,(H,26,30)(H,27,28)/t21-/m1/s1. The Hall–Kier alpha value is -2.79. The fourth-order valence-corrected chi connectivity index (χ4v) is 4.08. The van der Waals surface area contributed by atoms with E-state index in [1.807, 2.05) is 42.5 Å². The zero-order chi connectivity index (χ0) is 20.8. The van der Waals surface area contributed by atoms with Gasteiger partial charge in [-0.1, -0.05) is 54.1 Å². The molecule has 0 unspecified atom stereocenters. The molecule has 1 aromatic heterocycles. The lowest BCUT2D eigenvalue weighted by atomic mass is 10.0. The highest BCUT2D eigenvalue weighted by molar-refractivity contribution is 6.30. The van der Waals surface area contributed by atoms with Crippen molar-refractivity contribution in [2.45, 2.75) is 38.1 Å². The van der Waals surface area contributed by atoms with E-state index in [2.05, 4.69) is 38.6 Å². The first-order valence-electron chi connectivity index (χ1n) is 10.6. The highest BCUT2D eigenvalue weighted by Gasteiger charge is 2.23. The number of carbonyl (C=O) groups excluding carboxylic acids is 1. The number of aromatic amines is 1. The second-order valence-electron chi connectivity index (χ2n) is 7.84. The van der Waals surface area contributed by atoms with Gasteiger partial charge in [0, 0.05) is 36.6 Å². The van der Waals surface area contributed by atoms with Crippen LogP contribution in [0.25, 0.3) is 11.3 Å². The van der Waals surface area contributed by atoms with Crippen LogP contribution < -0.4 is 10.2 Å². The van der Waals surface area contributed by atoms with Gasteiger partial charge in [-0.3, -0.25) is 9.89 Å². The maximum absolute atomic E-state index is 12.4. The van der Waals surface area contributed by atoms with Crippen LogP contribution >= 0.6 is 11.6 Å². The van der Waals surface area contributed by atoms with E-state index in [9.17, 15) is 4.79 Å². The van der Waals surface area contributed by atoms with Gasteiger partial charge in [0.15, 0.2) is 5.82 Å². The van der Waals surface area contributed by atoms with Crippen molar-refractivity contribution in [2.75, 3.05) is 18.0 Å². The summed E-state index contributed by atoms with van der Waals surface area (Å²) in [6.45, 7) is 1.74. The molecule has 1 aliphatic heterocycles. The highest BCUT2D eigenvalue weighted by atomic mass is 35.5. The molecule has 0 aliphatic carbocycles. The molecule has 4 rings (SSSR count). The van der Waals surface area contributed by atoms with Gasteiger partial charge in [-0.2, -0.15) is 5.10 Å². The van der Waals surface area contributed by atoms with Crippen molar-refractivity contribution in [1.29, 1.82) is 0 Å². The van der Waals surface area contributed by atoms with Crippen LogP contribution in [-0.4, -0.2) is 35.2 Å². The van der Waals surface area contributed by atoms with Gasteiger partial charge in [0.2, 0.25) is 5.91 Å². The van der Waals surface area contributed by atoms with Gasteiger partial charge in [0.1, 0.15) is 0 Å². The Morgan fingerprint density at radius 1 is 1.17 bits per heavy atom. The zero-order valence-corrected chi connectivity index (χ0v) is 17.7. The highest BCUT2D eigenvalue weighted by Crippen LogP contribution is 2.25. The number of rotatable bonds is 7. The smallest absolute Gasteiger partial charge is 0.220 e. The molecule has 30 heavy (non-hydrogen) atoms. The first-order valence-corrected chi connectivity index (χ1v) is 10.9. The lowest BCUT2D eigenvalue weighted by molar-refractivity contribution is -0.121. The van der Waals surface area contributed by atoms with Crippen LogP contribution in [0, 0.1) is 0 Å². The Labute approximate surface area is 182 Å². The number of hydrogen-bond acceptors (Lipinski definition) is 3. The maximum Gasteiger partial charge on any atom is 0.220 e. The molecule has 1 atom stereocenters. The van der Waals surface area contributed by atoms with Crippen molar-refractivity contribution in [1.82, 2.24) is 15.5 Å². The predicted octanol–water partition coefficient (Wildman–Crippen LogP) is 4.84. The first kappa shape index (κ1) is 20.5. The van der Waals surface area contributed by atoms with E-state index in [0.29, 0.717) is 6.42 Å². The number of nitrogens with zero attached hydrogens (tertiary/aromatic N) is 2. The lowest BCUT2D eigenvalue weighted by Gasteiger charge is -2.33. The summed E-state index contributed by atoms with van der Waals surface area (Å²) in [5, 5.41) is 11.5. The SMILES string of the molecule is O=C(CCCc1ccccc1)N[C@@H]1CCCN(c2cc(-c3ccc(Cl)cc3)[nH]n2)C1. The second-order valence-corrected chi connectivity index (χ2v) is 8.27. The number of aryl methyl sites for hydroxylation is 1. The van der Waals surface area contributed by atoms with Crippen molar-refractivity contribution in [3.8, 4) is 11.3 Å². The Morgan fingerprint density at radius 3 is 2.77 bits per heavy atom. The number of amides is 1. The van der Waals surface area contributed by atoms with Crippen molar-refractivity contribution in [3.05, 3.63) is 71.2 Å². The minimum atomic E-state index is 0.140. The van der Waals surface area contributed by atoms with E-state index in [4.69, 9.17) is 11.6 Å². The van der Waals surface area contributed by atoms with Crippen LogP contribution in [0.4, 0.5) is 5.82 Å². The molecule has 1 aliphatic rings. The number of nitrogens with one attached hydrogen (secondary N) is 2. The van der Waals surface area contributed by atoms with Crippen molar-refractivity contribution < 1.29 is 4.79 Å². The summed E-state index contributed by atoms with van der Waals surface area (Å²) in [5.41, 5.74) is 3.30. The molecule has 0 saturated carbocycles. The maximum atomic E-state index is 12.4. The molecular weight excluding hydrogens is 396 g/mol. The average molecular weight is 423 g/mol. The topological polar surface area (TPSA) is 61.0 Å². The van der Waals surface area contributed by atoms with E-state index in [0.717, 1.165) is 60.9 Å². The minimum Gasteiger partial charge on any atom is -0.353 e. The number of benzene rings is 2. The van der Waals surface area contributed by atoms with Crippen LogP contribution in [-0.2, 0) is 11.2 Å². The number of halogens is 1. The quantitative estimate of drug-likeness (QED) is 0.572. The Bertz CT molecular complexity index is 955. The molecule has 5 nitrogen and oxygen atoms in total. The summed E-state index contributed by atoms with van der Waals surface area (Å²) in [6.07, 6.45) is 4.42. The molecule has 3 aromatic rings. The third-order valence-electron chi connectivity index (χ3n) is 5.54. The molecule has 6 heteroatoms.